The minimum atomic E-state index is 0.765. The van der Waals surface area contributed by atoms with Crippen LogP contribution in [-0.4, -0.2) is 28.4 Å². The van der Waals surface area contributed by atoms with E-state index in [0.29, 0.717) is 0 Å². The predicted molar refractivity (Wildman–Crippen MR) is 68.9 cm³/mol. The molecular formula is C9H11BrIN3. The van der Waals surface area contributed by atoms with Crippen molar-refractivity contribution in [2.75, 3.05) is 23.3 Å². The van der Waals surface area contributed by atoms with Gasteiger partial charge in [0.2, 0.25) is 0 Å². The van der Waals surface area contributed by atoms with Crippen molar-refractivity contribution in [1.82, 2.24) is 9.97 Å². The number of nitrogens with zero attached hydrogens (tertiary/aromatic N) is 3. The van der Waals surface area contributed by atoms with Crippen LogP contribution in [0.1, 0.15) is 6.42 Å². The fourth-order valence-electron chi connectivity index (χ4n) is 1.69. The Hall–Kier alpha value is 0.0900. The number of halogens is 2. The molecule has 0 radical (unpaired) electrons. The van der Waals surface area contributed by atoms with Crippen LogP contribution < -0.4 is 4.90 Å². The zero-order valence-electron chi connectivity index (χ0n) is 7.66. The molecule has 3 nitrogen and oxygen atoms in total. The lowest BCUT2D eigenvalue weighted by Gasteiger charge is -2.17. The predicted octanol–water partition coefficient (Wildman–Crippen LogP) is 2.30. The topological polar surface area (TPSA) is 29.0 Å². The van der Waals surface area contributed by atoms with Gasteiger partial charge in [-0.2, -0.15) is 0 Å². The summed E-state index contributed by atoms with van der Waals surface area (Å²) in [6, 6.07) is 0. The standard InChI is InChI=1S/C9H11BrIN3/c10-3-7-1-2-14(5-7)9-8(11)4-12-6-13-9/h4,6-7H,1-3,5H2. The second kappa shape index (κ2) is 4.74. The van der Waals surface area contributed by atoms with Gasteiger partial charge in [-0.15, -0.1) is 0 Å². The summed E-state index contributed by atoms with van der Waals surface area (Å²) in [6.45, 7) is 2.22. The number of aromatic nitrogens is 2. The Balaban J connectivity index is 2.13. The van der Waals surface area contributed by atoms with E-state index in [-0.39, 0.29) is 0 Å². The molecular weight excluding hydrogens is 357 g/mol. The van der Waals surface area contributed by atoms with E-state index in [1.807, 2.05) is 6.20 Å². The first-order chi connectivity index (χ1) is 6.81. The molecule has 14 heavy (non-hydrogen) atoms. The van der Waals surface area contributed by atoms with Gasteiger partial charge in [-0.3, -0.25) is 0 Å². The Morgan fingerprint density at radius 1 is 1.64 bits per heavy atom. The number of anilines is 1. The van der Waals surface area contributed by atoms with Crippen LogP contribution in [0, 0.1) is 9.49 Å². The van der Waals surface area contributed by atoms with Gasteiger partial charge in [-0.1, -0.05) is 15.9 Å². The van der Waals surface area contributed by atoms with E-state index in [4.69, 9.17) is 0 Å². The Morgan fingerprint density at radius 2 is 2.50 bits per heavy atom. The van der Waals surface area contributed by atoms with Crippen molar-refractivity contribution in [3.05, 3.63) is 16.1 Å². The van der Waals surface area contributed by atoms with Crippen LogP contribution >= 0.6 is 38.5 Å². The van der Waals surface area contributed by atoms with Gasteiger partial charge in [0, 0.05) is 24.6 Å². The molecule has 1 unspecified atom stereocenters. The molecule has 1 aromatic heterocycles. The van der Waals surface area contributed by atoms with Crippen molar-refractivity contribution >= 4 is 44.3 Å². The summed E-state index contributed by atoms with van der Waals surface area (Å²) < 4.78 is 1.14. The molecule has 1 atom stereocenters. The van der Waals surface area contributed by atoms with E-state index in [1.54, 1.807) is 6.33 Å². The molecule has 0 aliphatic carbocycles. The van der Waals surface area contributed by atoms with E-state index in [1.165, 1.54) is 6.42 Å². The first-order valence-corrected chi connectivity index (χ1v) is 6.77. The Labute approximate surface area is 106 Å². The summed E-state index contributed by atoms with van der Waals surface area (Å²) in [6.07, 6.45) is 4.74. The van der Waals surface area contributed by atoms with Crippen LogP contribution in [-0.2, 0) is 0 Å². The summed E-state index contributed by atoms with van der Waals surface area (Å²) in [5.74, 6) is 1.85. The highest BCUT2D eigenvalue weighted by Gasteiger charge is 2.23. The molecule has 5 heteroatoms. The fourth-order valence-corrected chi connectivity index (χ4v) is 2.86. The molecule has 0 N–H and O–H groups in total. The molecule has 1 aromatic rings. The third-order valence-electron chi connectivity index (χ3n) is 2.45. The Kier molecular flexibility index (Phi) is 3.59. The van der Waals surface area contributed by atoms with Crippen LogP contribution in [0.2, 0.25) is 0 Å². The van der Waals surface area contributed by atoms with Crippen molar-refractivity contribution in [3.63, 3.8) is 0 Å². The number of hydrogen-bond donors (Lipinski definition) is 0. The molecule has 2 heterocycles. The molecule has 0 spiro atoms. The lowest BCUT2D eigenvalue weighted by atomic mass is 10.2. The summed E-state index contributed by atoms with van der Waals surface area (Å²) in [7, 11) is 0. The SMILES string of the molecule is BrCC1CCN(c2ncncc2I)C1. The van der Waals surface area contributed by atoms with Crippen molar-refractivity contribution in [3.8, 4) is 0 Å². The lowest BCUT2D eigenvalue weighted by molar-refractivity contribution is 0.675. The third kappa shape index (κ3) is 2.18. The molecule has 1 fully saturated rings. The van der Waals surface area contributed by atoms with Crippen molar-refractivity contribution in [1.29, 1.82) is 0 Å². The lowest BCUT2D eigenvalue weighted by Crippen LogP contribution is -2.22. The summed E-state index contributed by atoms with van der Waals surface area (Å²) in [4.78, 5) is 10.7. The van der Waals surface area contributed by atoms with Gasteiger partial charge in [-0.05, 0) is 34.9 Å². The average molecular weight is 368 g/mol. The molecule has 0 saturated carbocycles. The highest BCUT2D eigenvalue weighted by Crippen LogP contribution is 2.26. The highest BCUT2D eigenvalue weighted by atomic mass is 127. The maximum absolute atomic E-state index is 4.32. The van der Waals surface area contributed by atoms with Gasteiger partial charge < -0.3 is 4.90 Å². The van der Waals surface area contributed by atoms with Crippen LogP contribution in [0.25, 0.3) is 0 Å². The van der Waals surface area contributed by atoms with Crippen molar-refractivity contribution in [2.45, 2.75) is 6.42 Å². The smallest absolute Gasteiger partial charge is 0.145 e. The van der Waals surface area contributed by atoms with E-state index < -0.39 is 0 Å². The summed E-state index contributed by atoms with van der Waals surface area (Å²) in [5, 5.41) is 1.09. The van der Waals surface area contributed by atoms with E-state index in [9.17, 15) is 0 Å². The third-order valence-corrected chi connectivity index (χ3v) is 4.13. The Bertz CT molecular complexity index is 321. The summed E-state index contributed by atoms with van der Waals surface area (Å²) >= 11 is 5.82. The van der Waals surface area contributed by atoms with E-state index >= 15 is 0 Å². The van der Waals surface area contributed by atoms with Crippen LogP contribution in [0.5, 0.6) is 0 Å². The second-order valence-corrected chi connectivity index (χ2v) is 5.26. The van der Waals surface area contributed by atoms with E-state index in [2.05, 4.69) is 53.4 Å². The van der Waals surface area contributed by atoms with Crippen LogP contribution in [0.15, 0.2) is 12.5 Å². The van der Waals surface area contributed by atoms with Gasteiger partial charge in [-0.25, -0.2) is 9.97 Å². The van der Waals surface area contributed by atoms with Crippen LogP contribution in [0.4, 0.5) is 5.82 Å². The normalized spacial score (nSPS) is 21.6. The average Bonchev–Trinajstić information content (AvgIpc) is 2.67. The van der Waals surface area contributed by atoms with Gasteiger partial charge >= 0.3 is 0 Å². The highest BCUT2D eigenvalue weighted by molar-refractivity contribution is 14.1. The first kappa shape index (κ1) is 10.6. The zero-order chi connectivity index (χ0) is 9.97. The molecule has 1 aliphatic rings. The fraction of sp³-hybridized carbons (Fsp3) is 0.556. The number of hydrogen-bond acceptors (Lipinski definition) is 3. The van der Waals surface area contributed by atoms with Crippen molar-refractivity contribution in [2.24, 2.45) is 5.92 Å². The van der Waals surface area contributed by atoms with Crippen LogP contribution in [0.3, 0.4) is 0 Å². The van der Waals surface area contributed by atoms with Crippen molar-refractivity contribution < 1.29 is 0 Å². The molecule has 1 saturated heterocycles. The molecule has 0 aromatic carbocycles. The van der Waals surface area contributed by atoms with Gasteiger partial charge in [0.05, 0.1) is 3.57 Å². The van der Waals surface area contributed by atoms with Gasteiger partial charge in [0.15, 0.2) is 0 Å². The summed E-state index contributed by atoms with van der Waals surface area (Å²) in [5.41, 5.74) is 0. The molecule has 0 amide bonds. The maximum atomic E-state index is 4.32. The minimum absolute atomic E-state index is 0.765. The molecule has 76 valence electrons. The quantitative estimate of drug-likeness (QED) is 0.593. The second-order valence-electron chi connectivity index (χ2n) is 3.45. The molecule has 0 bridgehead atoms. The van der Waals surface area contributed by atoms with Gasteiger partial charge in [0.1, 0.15) is 12.1 Å². The molecule has 1 aliphatic heterocycles. The first-order valence-electron chi connectivity index (χ1n) is 4.57. The number of rotatable bonds is 2. The zero-order valence-corrected chi connectivity index (χ0v) is 11.4. The van der Waals surface area contributed by atoms with E-state index in [0.717, 1.165) is 33.7 Å². The Morgan fingerprint density at radius 3 is 3.14 bits per heavy atom. The number of alkyl halides is 1. The largest absolute Gasteiger partial charge is 0.355 e. The monoisotopic (exact) mass is 367 g/mol. The van der Waals surface area contributed by atoms with Gasteiger partial charge in [0.25, 0.3) is 0 Å². The molecule has 2 rings (SSSR count). The minimum Gasteiger partial charge on any atom is -0.355 e. The maximum Gasteiger partial charge on any atom is 0.145 e.